The summed E-state index contributed by atoms with van der Waals surface area (Å²) in [4.78, 5) is 28.4. The molecule has 24 heavy (non-hydrogen) atoms. The van der Waals surface area contributed by atoms with Gasteiger partial charge in [-0.15, -0.1) is 24.2 Å². The van der Waals surface area contributed by atoms with E-state index in [1.54, 1.807) is 0 Å². The number of fused-ring (bicyclic) bond motifs is 2. The highest BCUT2D eigenvalue weighted by molar-refractivity contribution is 8.00. The number of carbonyl (C=O) groups is 2. The highest BCUT2D eigenvalue weighted by atomic mass is 35.5. The van der Waals surface area contributed by atoms with Crippen LogP contribution in [-0.2, 0) is 9.59 Å². The number of rotatable bonds is 5. The first-order valence-corrected chi connectivity index (χ1v) is 10.2. The van der Waals surface area contributed by atoms with Crippen LogP contribution in [0.4, 0.5) is 0 Å². The Hall–Kier alpha value is -0.460. The van der Waals surface area contributed by atoms with Gasteiger partial charge in [-0.25, -0.2) is 0 Å². The summed E-state index contributed by atoms with van der Waals surface area (Å²) in [5.74, 6) is 1.24. The lowest BCUT2D eigenvalue weighted by molar-refractivity contribution is -0.129. The van der Waals surface area contributed by atoms with Gasteiger partial charge in [0.05, 0.1) is 11.5 Å². The number of carbonyl (C=O) groups excluding carboxylic acids is 2. The predicted octanol–water partition coefficient (Wildman–Crippen LogP) is 1.90. The number of amides is 2. The summed E-state index contributed by atoms with van der Waals surface area (Å²) in [5.41, 5.74) is 0. The minimum absolute atomic E-state index is 0. The maximum Gasteiger partial charge on any atom is 0.232 e. The topological polar surface area (TPSA) is 52.7 Å². The molecule has 2 bridgehead atoms. The Labute approximate surface area is 155 Å². The summed E-state index contributed by atoms with van der Waals surface area (Å²) in [6, 6.07) is 1.57. The van der Waals surface area contributed by atoms with Gasteiger partial charge in [-0.2, -0.15) is 0 Å². The third-order valence-corrected chi connectivity index (χ3v) is 6.45. The van der Waals surface area contributed by atoms with Gasteiger partial charge in [-0.05, 0) is 44.9 Å². The molecule has 0 aromatic rings. The average molecular weight is 376 g/mol. The van der Waals surface area contributed by atoms with Crippen molar-refractivity contribution in [2.75, 3.05) is 31.6 Å². The summed E-state index contributed by atoms with van der Waals surface area (Å²) in [5, 5.41) is 3.62. The number of nitrogens with one attached hydrogen (secondary N) is 1. The molecule has 2 unspecified atom stereocenters. The zero-order valence-electron chi connectivity index (χ0n) is 14.5. The predicted molar refractivity (Wildman–Crippen MR) is 101 cm³/mol. The molecule has 0 aliphatic carbocycles. The fourth-order valence-corrected chi connectivity index (χ4v) is 4.95. The van der Waals surface area contributed by atoms with Gasteiger partial charge in [0.25, 0.3) is 0 Å². The fourth-order valence-electron chi connectivity index (χ4n) is 4.11. The molecule has 7 heteroatoms. The lowest BCUT2D eigenvalue weighted by atomic mass is 9.98. The summed E-state index contributed by atoms with van der Waals surface area (Å²) < 4.78 is 0. The number of piperidine rings is 2. The van der Waals surface area contributed by atoms with E-state index in [9.17, 15) is 9.59 Å². The molecule has 3 heterocycles. The number of thioether (sulfide) groups is 1. The van der Waals surface area contributed by atoms with Gasteiger partial charge in [0.15, 0.2) is 0 Å². The molecule has 3 rings (SSSR count). The van der Waals surface area contributed by atoms with Crippen LogP contribution in [0.25, 0.3) is 0 Å². The van der Waals surface area contributed by atoms with Crippen LogP contribution < -0.4 is 5.32 Å². The fraction of sp³-hybridized carbons (Fsp3) is 0.882. The Kier molecular flexibility index (Phi) is 7.69. The molecule has 3 fully saturated rings. The molecular formula is C17H30ClN3O2S. The highest BCUT2D eigenvalue weighted by Crippen LogP contribution is 2.29. The quantitative estimate of drug-likeness (QED) is 0.797. The van der Waals surface area contributed by atoms with Crippen molar-refractivity contribution in [1.29, 1.82) is 0 Å². The van der Waals surface area contributed by atoms with E-state index in [1.165, 1.54) is 31.0 Å². The largest absolute Gasteiger partial charge is 0.342 e. The van der Waals surface area contributed by atoms with Crippen molar-refractivity contribution in [2.45, 2.75) is 63.1 Å². The van der Waals surface area contributed by atoms with Crippen LogP contribution in [0.2, 0.25) is 0 Å². The summed E-state index contributed by atoms with van der Waals surface area (Å²) in [6.07, 6.45) is 8.14. The maximum atomic E-state index is 12.4. The van der Waals surface area contributed by atoms with E-state index in [2.05, 4.69) is 5.32 Å². The Morgan fingerprint density at radius 2 is 1.71 bits per heavy atom. The Morgan fingerprint density at radius 3 is 2.33 bits per heavy atom. The molecule has 0 saturated carbocycles. The number of hydrogen-bond acceptors (Lipinski definition) is 4. The second kappa shape index (κ2) is 9.30. The van der Waals surface area contributed by atoms with Gasteiger partial charge in [0, 0.05) is 38.3 Å². The molecule has 0 aromatic carbocycles. The Morgan fingerprint density at radius 1 is 1.08 bits per heavy atom. The van der Waals surface area contributed by atoms with Gasteiger partial charge in [-0.3, -0.25) is 9.59 Å². The van der Waals surface area contributed by atoms with Crippen LogP contribution in [-0.4, -0.2) is 71.4 Å². The van der Waals surface area contributed by atoms with E-state index in [1.807, 2.05) is 16.8 Å². The third-order valence-electron chi connectivity index (χ3n) is 5.55. The van der Waals surface area contributed by atoms with Crippen molar-refractivity contribution < 1.29 is 9.59 Å². The number of nitrogens with zero attached hydrogens (tertiary/aromatic N) is 2. The van der Waals surface area contributed by atoms with Crippen molar-refractivity contribution in [3.05, 3.63) is 0 Å². The monoisotopic (exact) mass is 375 g/mol. The van der Waals surface area contributed by atoms with Crippen molar-refractivity contribution in [2.24, 2.45) is 0 Å². The maximum absolute atomic E-state index is 12.4. The molecular weight excluding hydrogens is 346 g/mol. The first kappa shape index (κ1) is 19.9. The van der Waals surface area contributed by atoms with Gasteiger partial charge in [-0.1, -0.05) is 0 Å². The zero-order chi connectivity index (χ0) is 16.2. The van der Waals surface area contributed by atoms with Crippen LogP contribution in [0.5, 0.6) is 0 Å². The van der Waals surface area contributed by atoms with E-state index in [0.29, 0.717) is 29.6 Å². The highest BCUT2D eigenvalue weighted by Gasteiger charge is 2.36. The molecule has 3 saturated heterocycles. The van der Waals surface area contributed by atoms with Gasteiger partial charge in [0.2, 0.25) is 11.8 Å². The van der Waals surface area contributed by atoms with Crippen molar-refractivity contribution in [3.8, 4) is 0 Å². The van der Waals surface area contributed by atoms with E-state index in [0.717, 1.165) is 38.8 Å². The average Bonchev–Trinajstić information content (AvgIpc) is 2.92. The van der Waals surface area contributed by atoms with Crippen molar-refractivity contribution in [1.82, 2.24) is 15.1 Å². The molecule has 138 valence electrons. The summed E-state index contributed by atoms with van der Waals surface area (Å²) >= 11 is 1.47. The van der Waals surface area contributed by atoms with Gasteiger partial charge < -0.3 is 15.1 Å². The van der Waals surface area contributed by atoms with E-state index >= 15 is 0 Å². The standard InChI is InChI=1S/C17H29N3O2S.ClH/c1-19(15-9-13-5-6-14(10-15)18-13)16(21)11-23-12-17(22)20-7-3-2-4-8-20;/h13-15,18H,2-12H2,1H3;1H. The normalized spacial score (nSPS) is 29.0. The third kappa shape index (κ3) is 5.02. The van der Waals surface area contributed by atoms with E-state index in [-0.39, 0.29) is 24.2 Å². The smallest absolute Gasteiger partial charge is 0.232 e. The first-order chi connectivity index (χ1) is 11.1. The second-order valence-corrected chi connectivity index (χ2v) is 8.19. The van der Waals surface area contributed by atoms with Crippen molar-refractivity contribution >= 4 is 36.0 Å². The second-order valence-electron chi connectivity index (χ2n) is 7.20. The minimum atomic E-state index is 0. The van der Waals surface area contributed by atoms with Crippen LogP contribution >= 0.6 is 24.2 Å². The van der Waals surface area contributed by atoms with Gasteiger partial charge >= 0.3 is 0 Å². The molecule has 2 amide bonds. The number of likely N-dealkylation sites (tertiary alicyclic amines) is 1. The van der Waals surface area contributed by atoms with Crippen LogP contribution in [0.15, 0.2) is 0 Å². The van der Waals surface area contributed by atoms with Gasteiger partial charge in [0.1, 0.15) is 0 Å². The molecule has 2 atom stereocenters. The minimum Gasteiger partial charge on any atom is -0.342 e. The lowest BCUT2D eigenvalue weighted by Gasteiger charge is -2.35. The number of hydrogen-bond donors (Lipinski definition) is 1. The first-order valence-electron chi connectivity index (χ1n) is 9.00. The number of halogens is 1. The SMILES string of the molecule is CN(C(=O)CSCC(=O)N1CCCCC1)C1CC2CCC(C1)N2.Cl. The Bertz CT molecular complexity index is 434. The van der Waals surface area contributed by atoms with E-state index < -0.39 is 0 Å². The molecule has 0 aromatic heterocycles. The zero-order valence-corrected chi connectivity index (χ0v) is 16.2. The van der Waals surface area contributed by atoms with Crippen LogP contribution in [0.1, 0.15) is 44.9 Å². The van der Waals surface area contributed by atoms with E-state index in [4.69, 9.17) is 0 Å². The molecule has 5 nitrogen and oxygen atoms in total. The molecule has 1 N–H and O–H groups in total. The molecule has 3 aliphatic heterocycles. The lowest BCUT2D eigenvalue weighted by Crippen LogP contribution is -2.49. The summed E-state index contributed by atoms with van der Waals surface area (Å²) in [6.45, 7) is 1.79. The van der Waals surface area contributed by atoms with Crippen LogP contribution in [0, 0.1) is 0 Å². The van der Waals surface area contributed by atoms with Crippen LogP contribution in [0.3, 0.4) is 0 Å². The summed E-state index contributed by atoms with van der Waals surface area (Å²) in [7, 11) is 1.94. The molecule has 0 radical (unpaired) electrons. The Balaban J connectivity index is 0.00000208. The molecule has 3 aliphatic rings. The van der Waals surface area contributed by atoms with Crippen molar-refractivity contribution in [3.63, 3.8) is 0 Å². The molecule has 0 spiro atoms.